The lowest BCUT2D eigenvalue weighted by molar-refractivity contribution is -0.148. The maximum atomic E-state index is 13.4. The Morgan fingerprint density at radius 2 is 1.72 bits per heavy atom. The first kappa shape index (κ1) is 22.6. The molecule has 3 fully saturated rings. The zero-order valence-electron chi connectivity index (χ0n) is 19.2. The number of fused-ring (bicyclic) bond motifs is 2. The zero-order chi connectivity index (χ0) is 23.0. The van der Waals surface area contributed by atoms with E-state index in [4.69, 9.17) is 0 Å². The van der Waals surface area contributed by atoms with E-state index in [1.165, 1.54) is 6.42 Å². The van der Waals surface area contributed by atoms with E-state index < -0.39 is 17.8 Å². The Hall–Kier alpha value is -2.64. The predicted octanol–water partition coefficient (Wildman–Crippen LogP) is 3.60. The third kappa shape index (κ3) is 4.07. The SMILES string of the molecule is CCn1cc(NC(=O)[C@H]2[C@@H](C(=O)O)[C@@H]3CC[C@H]2C3=C(C)C)c(C(=O)NC2CCCCC2)n1. The number of hydrogen-bond donors (Lipinski definition) is 3. The van der Waals surface area contributed by atoms with Crippen molar-refractivity contribution in [3.05, 3.63) is 23.0 Å². The van der Waals surface area contributed by atoms with Crippen LogP contribution in [0, 0.1) is 23.7 Å². The molecule has 3 aliphatic rings. The lowest BCUT2D eigenvalue weighted by Gasteiger charge is -2.26. The maximum absolute atomic E-state index is 13.4. The van der Waals surface area contributed by atoms with Crippen molar-refractivity contribution in [1.29, 1.82) is 0 Å². The molecule has 32 heavy (non-hydrogen) atoms. The average molecular weight is 443 g/mol. The number of nitrogens with one attached hydrogen (secondary N) is 2. The van der Waals surface area contributed by atoms with Crippen LogP contribution in [0.25, 0.3) is 0 Å². The summed E-state index contributed by atoms with van der Waals surface area (Å²) in [5, 5.41) is 20.2. The second-order valence-electron chi connectivity index (χ2n) is 9.68. The summed E-state index contributed by atoms with van der Waals surface area (Å²) in [5.41, 5.74) is 2.81. The van der Waals surface area contributed by atoms with Crippen molar-refractivity contribution >= 4 is 23.5 Å². The number of carboxylic acid groups (broad SMARTS) is 1. The summed E-state index contributed by atoms with van der Waals surface area (Å²) in [4.78, 5) is 38.4. The van der Waals surface area contributed by atoms with Gasteiger partial charge < -0.3 is 15.7 Å². The first-order chi connectivity index (χ1) is 15.3. The van der Waals surface area contributed by atoms with Gasteiger partial charge in [0.1, 0.15) is 0 Å². The molecule has 0 spiro atoms. The lowest BCUT2D eigenvalue weighted by Crippen LogP contribution is -2.39. The van der Waals surface area contributed by atoms with E-state index in [1.807, 2.05) is 20.8 Å². The van der Waals surface area contributed by atoms with Crippen molar-refractivity contribution < 1.29 is 19.5 Å². The molecule has 8 heteroatoms. The highest BCUT2D eigenvalue weighted by Gasteiger charge is 2.57. The first-order valence-electron chi connectivity index (χ1n) is 11.9. The third-order valence-electron chi connectivity index (χ3n) is 7.51. The Balaban J connectivity index is 1.56. The van der Waals surface area contributed by atoms with Gasteiger partial charge in [-0.15, -0.1) is 0 Å². The second kappa shape index (κ2) is 9.08. The number of nitrogens with zero attached hydrogens (tertiary/aromatic N) is 2. The Morgan fingerprint density at radius 1 is 1.06 bits per heavy atom. The summed E-state index contributed by atoms with van der Waals surface area (Å²) >= 11 is 0. The fourth-order valence-electron chi connectivity index (χ4n) is 6.16. The van der Waals surface area contributed by atoms with Gasteiger partial charge in [-0.2, -0.15) is 5.10 Å². The summed E-state index contributed by atoms with van der Waals surface area (Å²) in [6, 6.07) is 0.133. The summed E-state index contributed by atoms with van der Waals surface area (Å²) in [6.45, 7) is 6.48. The Bertz CT molecular complexity index is 940. The molecule has 2 bridgehead atoms. The van der Waals surface area contributed by atoms with Crippen LogP contribution in [-0.2, 0) is 16.1 Å². The molecule has 1 aromatic rings. The molecule has 174 valence electrons. The number of aliphatic carboxylic acids is 1. The number of carboxylic acids is 1. The van der Waals surface area contributed by atoms with Crippen LogP contribution in [-0.4, -0.2) is 38.7 Å². The van der Waals surface area contributed by atoms with E-state index in [0.717, 1.165) is 49.7 Å². The van der Waals surface area contributed by atoms with Crippen LogP contribution < -0.4 is 10.6 Å². The minimum Gasteiger partial charge on any atom is -0.481 e. The van der Waals surface area contributed by atoms with Gasteiger partial charge in [-0.3, -0.25) is 19.1 Å². The molecule has 0 aromatic carbocycles. The van der Waals surface area contributed by atoms with Crippen LogP contribution in [0.4, 0.5) is 5.69 Å². The average Bonchev–Trinajstić information content (AvgIpc) is 3.45. The highest BCUT2D eigenvalue weighted by Crippen LogP contribution is 2.57. The first-order valence-corrected chi connectivity index (χ1v) is 11.9. The third-order valence-corrected chi connectivity index (χ3v) is 7.51. The van der Waals surface area contributed by atoms with E-state index in [9.17, 15) is 19.5 Å². The van der Waals surface area contributed by atoms with Crippen molar-refractivity contribution in [2.75, 3.05) is 5.32 Å². The number of carbonyl (C=O) groups is 3. The number of rotatable bonds is 6. The number of amides is 2. The minimum absolute atomic E-state index is 0.0492. The van der Waals surface area contributed by atoms with E-state index >= 15 is 0 Å². The van der Waals surface area contributed by atoms with Crippen molar-refractivity contribution in [3.8, 4) is 0 Å². The summed E-state index contributed by atoms with van der Waals surface area (Å²) in [7, 11) is 0. The molecule has 2 amide bonds. The molecular weight excluding hydrogens is 408 g/mol. The van der Waals surface area contributed by atoms with E-state index in [1.54, 1.807) is 10.9 Å². The topological polar surface area (TPSA) is 113 Å². The molecule has 3 N–H and O–H groups in total. The second-order valence-corrected chi connectivity index (χ2v) is 9.68. The molecule has 8 nitrogen and oxygen atoms in total. The van der Waals surface area contributed by atoms with E-state index in [2.05, 4.69) is 15.7 Å². The molecule has 0 aliphatic heterocycles. The monoisotopic (exact) mass is 442 g/mol. The highest BCUT2D eigenvalue weighted by molar-refractivity contribution is 6.04. The van der Waals surface area contributed by atoms with Gasteiger partial charge in [0.15, 0.2) is 5.69 Å². The van der Waals surface area contributed by atoms with Gasteiger partial charge in [0.25, 0.3) is 5.91 Å². The van der Waals surface area contributed by atoms with Crippen molar-refractivity contribution in [3.63, 3.8) is 0 Å². The molecule has 1 heterocycles. The largest absolute Gasteiger partial charge is 0.481 e. The summed E-state index contributed by atoms with van der Waals surface area (Å²) in [5.74, 6) is -3.01. The van der Waals surface area contributed by atoms with Gasteiger partial charge in [-0.05, 0) is 58.3 Å². The summed E-state index contributed by atoms with van der Waals surface area (Å²) < 4.78 is 1.63. The van der Waals surface area contributed by atoms with Crippen LogP contribution >= 0.6 is 0 Å². The quantitative estimate of drug-likeness (QED) is 0.583. The fourth-order valence-corrected chi connectivity index (χ4v) is 6.16. The number of aryl methyl sites for hydroxylation is 1. The number of carbonyl (C=O) groups excluding carboxylic acids is 2. The van der Waals surface area contributed by atoms with E-state index in [-0.39, 0.29) is 35.4 Å². The Morgan fingerprint density at radius 3 is 2.31 bits per heavy atom. The van der Waals surface area contributed by atoms with Gasteiger partial charge in [0, 0.05) is 18.8 Å². The molecule has 1 aromatic heterocycles. The van der Waals surface area contributed by atoms with Crippen LogP contribution in [0.5, 0.6) is 0 Å². The van der Waals surface area contributed by atoms with Crippen LogP contribution in [0.3, 0.4) is 0 Å². The number of hydrogen-bond acceptors (Lipinski definition) is 4. The number of anilines is 1. The summed E-state index contributed by atoms with van der Waals surface area (Å²) in [6.07, 6.45) is 8.62. The predicted molar refractivity (Wildman–Crippen MR) is 120 cm³/mol. The van der Waals surface area contributed by atoms with Gasteiger partial charge in [0.2, 0.25) is 5.91 Å². The molecule has 4 rings (SSSR count). The van der Waals surface area contributed by atoms with Gasteiger partial charge in [0.05, 0.1) is 17.5 Å². The van der Waals surface area contributed by atoms with Crippen LogP contribution in [0.15, 0.2) is 17.3 Å². The smallest absolute Gasteiger partial charge is 0.307 e. The molecule has 0 radical (unpaired) electrons. The normalized spacial score (nSPS) is 27.4. The molecule has 3 aliphatic carbocycles. The molecule has 0 saturated heterocycles. The van der Waals surface area contributed by atoms with Crippen LogP contribution in [0.1, 0.15) is 76.2 Å². The molecule has 4 atom stereocenters. The molecule has 0 unspecified atom stereocenters. The lowest BCUT2D eigenvalue weighted by atomic mass is 9.78. The number of aromatic nitrogens is 2. The Kier molecular flexibility index (Phi) is 6.40. The zero-order valence-corrected chi connectivity index (χ0v) is 19.2. The highest BCUT2D eigenvalue weighted by atomic mass is 16.4. The molecule has 3 saturated carbocycles. The minimum atomic E-state index is -0.921. The van der Waals surface area contributed by atoms with Gasteiger partial charge in [-0.25, -0.2) is 0 Å². The molecular formula is C24H34N4O4. The van der Waals surface area contributed by atoms with Crippen molar-refractivity contribution in [2.45, 2.75) is 78.3 Å². The van der Waals surface area contributed by atoms with Gasteiger partial charge in [-0.1, -0.05) is 30.4 Å². The van der Waals surface area contributed by atoms with Gasteiger partial charge >= 0.3 is 5.97 Å². The van der Waals surface area contributed by atoms with Crippen LogP contribution in [0.2, 0.25) is 0 Å². The van der Waals surface area contributed by atoms with Crippen molar-refractivity contribution in [2.24, 2.45) is 23.7 Å². The maximum Gasteiger partial charge on any atom is 0.307 e. The fraction of sp³-hybridized carbons (Fsp3) is 0.667. The standard InChI is InChI=1S/C24H34N4O4/c1-4-28-12-17(21(27-28)23(30)25-14-8-6-5-7-9-14)26-22(29)19-15-10-11-16(18(15)13(2)3)20(19)24(31)32/h12,14-16,19-20H,4-11H2,1-3H3,(H,25,30)(H,26,29)(H,31,32)/t15-,16+,19+,20-/m0/s1. The number of allylic oxidation sites excluding steroid dienone is 2. The Labute approximate surface area is 188 Å². The van der Waals surface area contributed by atoms with Crippen molar-refractivity contribution in [1.82, 2.24) is 15.1 Å². The van der Waals surface area contributed by atoms with E-state index in [0.29, 0.717) is 12.2 Å².